The van der Waals surface area contributed by atoms with Gasteiger partial charge < -0.3 is 9.73 Å². The molecule has 0 saturated carbocycles. The number of aryl methyl sites for hydroxylation is 1. The zero-order valence-electron chi connectivity index (χ0n) is 16.7. The number of anilines is 2. The first kappa shape index (κ1) is 20.6. The van der Waals surface area contributed by atoms with Crippen LogP contribution in [-0.4, -0.2) is 25.6 Å². The number of nitrogens with zero attached hydrogens (tertiary/aromatic N) is 1. The van der Waals surface area contributed by atoms with Crippen LogP contribution in [0.25, 0.3) is 11.5 Å². The summed E-state index contributed by atoms with van der Waals surface area (Å²) in [6.45, 7) is 5.89. The number of sulfonamides is 1. The number of carbonyl (C=O) groups is 1. The van der Waals surface area contributed by atoms with Crippen molar-refractivity contribution in [2.75, 3.05) is 16.3 Å². The maximum Gasteiger partial charge on any atom is 0.257 e. The zero-order valence-corrected chi connectivity index (χ0v) is 17.5. The minimum atomic E-state index is -3.51. The van der Waals surface area contributed by atoms with Crippen LogP contribution in [-0.2, 0) is 10.0 Å². The Bertz CT molecular complexity index is 1130. The highest BCUT2D eigenvalue weighted by Gasteiger charge is 2.15. The van der Waals surface area contributed by atoms with Gasteiger partial charge in [-0.1, -0.05) is 25.5 Å². The van der Waals surface area contributed by atoms with Crippen LogP contribution >= 0.6 is 0 Å². The molecular weight excluding hydrogens is 390 g/mol. The molecule has 7 nitrogen and oxygen atoms in total. The molecule has 1 heterocycles. The van der Waals surface area contributed by atoms with Gasteiger partial charge in [0.05, 0.1) is 23.7 Å². The second kappa shape index (κ2) is 8.08. The van der Waals surface area contributed by atoms with E-state index in [2.05, 4.69) is 15.0 Å². The molecule has 8 heteroatoms. The smallest absolute Gasteiger partial charge is 0.257 e. The van der Waals surface area contributed by atoms with Crippen molar-refractivity contribution < 1.29 is 17.6 Å². The van der Waals surface area contributed by atoms with Gasteiger partial charge in [-0.25, -0.2) is 13.4 Å². The number of carbonyl (C=O) groups excluding carboxylic acids is 1. The number of rotatable bonds is 6. The first-order valence-electron chi connectivity index (χ1n) is 9.08. The highest BCUT2D eigenvalue weighted by molar-refractivity contribution is 7.92. The van der Waals surface area contributed by atoms with E-state index in [1.54, 1.807) is 48.7 Å². The Morgan fingerprint density at radius 3 is 2.38 bits per heavy atom. The SMILES string of the molecule is Cc1ccc(NS(C)(=O)=O)c(C(=O)Nc2ccc(-c3ncc(C(C)C)o3)cc2)c1. The molecule has 0 aliphatic heterocycles. The molecule has 0 atom stereocenters. The van der Waals surface area contributed by atoms with E-state index < -0.39 is 15.9 Å². The van der Waals surface area contributed by atoms with Crippen molar-refractivity contribution in [3.63, 3.8) is 0 Å². The van der Waals surface area contributed by atoms with E-state index in [0.29, 0.717) is 11.6 Å². The molecule has 1 amide bonds. The number of hydrogen-bond donors (Lipinski definition) is 2. The fourth-order valence-corrected chi connectivity index (χ4v) is 3.29. The highest BCUT2D eigenvalue weighted by Crippen LogP contribution is 2.25. The van der Waals surface area contributed by atoms with Crippen LogP contribution in [0.3, 0.4) is 0 Å². The first-order valence-corrected chi connectivity index (χ1v) is 11.0. The third-order valence-corrected chi connectivity index (χ3v) is 4.79. The van der Waals surface area contributed by atoms with Gasteiger partial charge in [-0.15, -0.1) is 0 Å². The average Bonchev–Trinajstić information content (AvgIpc) is 3.13. The molecule has 2 N–H and O–H groups in total. The lowest BCUT2D eigenvalue weighted by atomic mass is 10.1. The largest absolute Gasteiger partial charge is 0.441 e. The molecule has 0 unspecified atom stereocenters. The molecule has 0 spiro atoms. The zero-order chi connectivity index (χ0) is 21.2. The van der Waals surface area contributed by atoms with Gasteiger partial charge in [-0.3, -0.25) is 9.52 Å². The molecule has 0 fully saturated rings. The number of amides is 1. The Morgan fingerprint density at radius 1 is 1.10 bits per heavy atom. The molecule has 0 bridgehead atoms. The average molecular weight is 413 g/mol. The molecule has 0 radical (unpaired) electrons. The number of hydrogen-bond acceptors (Lipinski definition) is 5. The van der Waals surface area contributed by atoms with Crippen LogP contribution in [0, 0.1) is 6.92 Å². The van der Waals surface area contributed by atoms with E-state index in [0.717, 1.165) is 23.1 Å². The van der Waals surface area contributed by atoms with E-state index in [9.17, 15) is 13.2 Å². The summed E-state index contributed by atoms with van der Waals surface area (Å²) in [5.41, 5.74) is 2.68. The fraction of sp³-hybridized carbons (Fsp3) is 0.238. The van der Waals surface area contributed by atoms with E-state index in [1.807, 2.05) is 20.8 Å². The van der Waals surface area contributed by atoms with Gasteiger partial charge in [-0.05, 0) is 43.3 Å². The van der Waals surface area contributed by atoms with Crippen molar-refractivity contribution in [2.45, 2.75) is 26.7 Å². The van der Waals surface area contributed by atoms with Crippen molar-refractivity contribution >= 4 is 27.3 Å². The normalized spacial score (nSPS) is 11.5. The quantitative estimate of drug-likeness (QED) is 0.624. The topological polar surface area (TPSA) is 101 Å². The predicted molar refractivity (Wildman–Crippen MR) is 114 cm³/mol. The minimum Gasteiger partial charge on any atom is -0.441 e. The fourth-order valence-electron chi connectivity index (χ4n) is 2.72. The summed E-state index contributed by atoms with van der Waals surface area (Å²) in [6.07, 6.45) is 2.75. The molecule has 0 aliphatic carbocycles. The summed E-state index contributed by atoms with van der Waals surface area (Å²) in [5.74, 6) is 1.16. The van der Waals surface area contributed by atoms with Crippen LogP contribution in [0.2, 0.25) is 0 Å². The molecule has 3 rings (SSSR count). The Hall–Kier alpha value is -3.13. The van der Waals surface area contributed by atoms with Crippen molar-refractivity contribution in [1.29, 1.82) is 0 Å². The Morgan fingerprint density at radius 2 is 1.79 bits per heavy atom. The third kappa shape index (κ3) is 5.23. The second-order valence-electron chi connectivity index (χ2n) is 7.18. The van der Waals surface area contributed by atoms with E-state index >= 15 is 0 Å². The van der Waals surface area contributed by atoms with Crippen molar-refractivity contribution in [1.82, 2.24) is 4.98 Å². The number of benzene rings is 2. The Labute approximate surface area is 170 Å². The van der Waals surface area contributed by atoms with Gasteiger partial charge in [0, 0.05) is 17.2 Å². The van der Waals surface area contributed by atoms with E-state index in [1.165, 1.54) is 0 Å². The van der Waals surface area contributed by atoms with Crippen LogP contribution < -0.4 is 10.0 Å². The third-order valence-electron chi connectivity index (χ3n) is 4.20. The van der Waals surface area contributed by atoms with Crippen molar-refractivity contribution in [3.8, 4) is 11.5 Å². The predicted octanol–water partition coefficient (Wildman–Crippen LogP) is 4.40. The Kier molecular flexibility index (Phi) is 5.74. The summed E-state index contributed by atoms with van der Waals surface area (Å²) in [4.78, 5) is 17.0. The van der Waals surface area contributed by atoms with Crippen LogP contribution in [0.1, 0.15) is 41.4 Å². The molecule has 3 aromatic rings. The lowest BCUT2D eigenvalue weighted by Crippen LogP contribution is -2.17. The summed E-state index contributed by atoms with van der Waals surface area (Å²) >= 11 is 0. The van der Waals surface area contributed by atoms with Gasteiger partial charge >= 0.3 is 0 Å². The number of aromatic nitrogens is 1. The summed E-state index contributed by atoms with van der Waals surface area (Å²) in [5, 5.41) is 2.79. The first-order chi connectivity index (χ1) is 13.6. The number of oxazole rings is 1. The lowest BCUT2D eigenvalue weighted by molar-refractivity contribution is 0.102. The second-order valence-corrected chi connectivity index (χ2v) is 8.93. The number of nitrogens with one attached hydrogen (secondary N) is 2. The van der Waals surface area contributed by atoms with Gasteiger partial charge in [0.15, 0.2) is 0 Å². The summed E-state index contributed by atoms with van der Waals surface area (Å²) in [6, 6.07) is 12.0. The highest BCUT2D eigenvalue weighted by atomic mass is 32.2. The van der Waals surface area contributed by atoms with Crippen LogP contribution in [0.5, 0.6) is 0 Å². The molecule has 2 aromatic carbocycles. The van der Waals surface area contributed by atoms with Gasteiger partial charge in [0.25, 0.3) is 5.91 Å². The maximum atomic E-state index is 12.7. The lowest BCUT2D eigenvalue weighted by Gasteiger charge is -2.12. The summed E-state index contributed by atoms with van der Waals surface area (Å²) < 4.78 is 31.3. The van der Waals surface area contributed by atoms with E-state index in [-0.39, 0.29) is 17.2 Å². The van der Waals surface area contributed by atoms with Crippen LogP contribution in [0.4, 0.5) is 11.4 Å². The molecule has 0 saturated heterocycles. The minimum absolute atomic E-state index is 0.230. The van der Waals surface area contributed by atoms with Crippen molar-refractivity contribution in [2.24, 2.45) is 0 Å². The summed E-state index contributed by atoms with van der Waals surface area (Å²) in [7, 11) is -3.51. The van der Waals surface area contributed by atoms with Gasteiger partial charge in [0.1, 0.15) is 5.76 Å². The molecule has 0 aliphatic rings. The standard InChI is InChI=1S/C21H23N3O4S/c1-13(2)19-12-22-21(28-19)15-6-8-16(9-7-15)23-20(25)17-11-14(3)5-10-18(17)24-29(4,26)27/h5-13,24H,1-4H3,(H,23,25). The van der Waals surface area contributed by atoms with Gasteiger partial charge in [0.2, 0.25) is 15.9 Å². The maximum absolute atomic E-state index is 12.7. The monoisotopic (exact) mass is 413 g/mol. The molecule has 152 valence electrons. The van der Waals surface area contributed by atoms with Crippen molar-refractivity contribution in [3.05, 3.63) is 65.5 Å². The molecule has 1 aromatic heterocycles. The van der Waals surface area contributed by atoms with Crippen LogP contribution in [0.15, 0.2) is 53.1 Å². The van der Waals surface area contributed by atoms with E-state index in [4.69, 9.17) is 4.42 Å². The Balaban J connectivity index is 1.80. The molecule has 29 heavy (non-hydrogen) atoms. The molecular formula is C21H23N3O4S. The van der Waals surface area contributed by atoms with Gasteiger partial charge in [-0.2, -0.15) is 0 Å².